The van der Waals surface area contributed by atoms with Crippen molar-refractivity contribution in [2.24, 2.45) is 0 Å². The number of hydrogen-bond acceptors (Lipinski definition) is 4. The average molecular weight is 451 g/mol. The van der Waals surface area contributed by atoms with Crippen molar-refractivity contribution < 1.29 is 31.1 Å². The fourth-order valence-electron chi connectivity index (χ4n) is 2.68. The summed E-state index contributed by atoms with van der Waals surface area (Å²) in [4.78, 5) is 12.6. The quantitative estimate of drug-likeness (QED) is 0.717. The zero-order valence-corrected chi connectivity index (χ0v) is 17.2. The molecule has 0 aliphatic heterocycles. The number of halogens is 4. The molecule has 0 bridgehead atoms. The summed E-state index contributed by atoms with van der Waals surface area (Å²) < 4.78 is 69.8. The van der Waals surface area contributed by atoms with E-state index < -0.39 is 39.4 Å². The summed E-state index contributed by atoms with van der Waals surface area (Å²) >= 11 is 6.04. The van der Waals surface area contributed by atoms with E-state index in [0.717, 1.165) is 22.7 Å². The SMILES string of the molecule is COc1ccc(N([C@H](C)C(=O)Nc2ccccc2C(F)(F)F)S(C)(=O)=O)cc1Cl. The Morgan fingerprint density at radius 2 is 1.83 bits per heavy atom. The molecule has 29 heavy (non-hydrogen) atoms. The summed E-state index contributed by atoms with van der Waals surface area (Å²) in [7, 11) is -2.60. The molecule has 0 aromatic heterocycles. The first-order valence-corrected chi connectivity index (χ1v) is 10.4. The number of amides is 1. The lowest BCUT2D eigenvalue weighted by Crippen LogP contribution is -2.45. The highest BCUT2D eigenvalue weighted by molar-refractivity contribution is 7.92. The number of nitrogens with one attached hydrogen (secondary N) is 1. The number of ether oxygens (including phenoxy) is 1. The van der Waals surface area contributed by atoms with E-state index in [1.807, 2.05) is 0 Å². The number of sulfonamides is 1. The van der Waals surface area contributed by atoms with E-state index in [2.05, 4.69) is 5.32 Å². The van der Waals surface area contributed by atoms with Crippen molar-refractivity contribution in [3.8, 4) is 5.75 Å². The zero-order chi connectivity index (χ0) is 22.0. The zero-order valence-electron chi connectivity index (χ0n) is 15.6. The maximum atomic E-state index is 13.1. The van der Waals surface area contributed by atoms with Gasteiger partial charge in [-0.2, -0.15) is 13.2 Å². The summed E-state index contributed by atoms with van der Waals surface area (Å²) in [6.45, 7) is 1.25. The maximum absolute atomic E-state index is 13.1. The smallest absolute Gasteiger partial charge is 0.418 e. The van der Waals surface area contributed by atoms with Gasteiger partial charge in [-0.3, -0.25) is 9.10 Å². The van der Waals surface area contributed by atoms with Crippen molar-refractivity contribution in [3.63, 3.8) is 0 Å². The van der Waals surface area contributed by atoms with E-state index in [9.17, 15) is 26.4 Å². The number of anilines is 2. The molecule has 0 aliphatic rings. The van der Waals surface area contributed by atoms with Gasteiger partial charge >= 0.3 is 6.18 Å². The van der Waals surface area contributed by atoms with Crippen LogP contribution >= 0.6 is 11.6 Å². The number of carbonyl (C=O) groups is 1. The molecule has 2 aromatic rings. The summed E-state index contributed by atoms with van der Waals surface area (Å²) in [6.07, 6.45) is -3.81. The Morgan fingerprint density at radius 1 is 1.21 bits per heavy atom. The fraction of sp³-hybridized carbons (Fsp3) is 0.278. The van der Waals surface area contributed by atoms with Gasteiger partial charge in [-0.1, -0.05) is 23.7 Å². The monoisotopic (exact) mass is 450 g/mol. The van der Waals surface area contributed by atoms with E-state index in [0.29, 0.717) is 5.75 Å². The summed E-state index contributed by atoms with van der Waals surface area (Å²) in [5.74, 6) is -0.654. The first kappa shape index (κ1) is 22.8. The van der Waals surface area contributed by atoms with Gasteiger partial charge in [0.25, 0.3) is 0 Å². The molecule has 1 atom stereocenters. The number of methoxy groups -OCH3 is 1. The van der Waals surface area contributed by atoms with Crippen molar-refractivity contribution in [3.05, 3.63) is 53.1 Å². The molecule has 0 saturated heterocycles. The van der Waals surface area contributed by atoms with Gasteiger partial charge in [0.1, 0.15) is 11.8 Å². The van der Waals surface area contributed by atoms with Crippen LogP contribution in [0.2, 0.25) is 5.02 Å². The molecule has 1 amide bonds. The van der Waals surface area contributed by atoms with Crippen LogP contribution in [0.5, 0.6) is 5.75 Å². The van der Waals surface area contributed by atoms with Crippen LogP contribution in [0.3, 0.4) is 0 Å². The predicted octanol–water partition coefficient (Wildman–Crippen LogP) is 4.16. The largest absolute Gasteiger partial charge is 0.495 e. The summed E-state index contributed by atoms with van der Waals surface area (Å²) in [6, 6.07) is 7.13. The Balaban J connectivity index is 2.40. The first-order valence-electron chi connectivity index (χ1n) is 8.16. The van der Waals surface area contributed by atoms with Gasteiger partial charge in [-0.15, -0.1) is 0 Å². The van der Waals surface area contributed by atoms with Gasteiger partial charge in [0.15, 0.2) is 0 Å². The molecular formula is C18H18ClF3N2O4S. The molecule has 158 valence electrons. The van der Waals surface area contributed by atoms with Crippen LogP contribution in [0.15, 0.2) is 42.5 Å². The molecule has 0 radical (unpaired) electrons. The van der Waals surface area contributed by atoms with Crippen molar-refractivity contribution in [1.29, 1.82) is 0 Å². The minimum atomic E-state index is -4.69. The van der Waals surface area contributed by atoms with E-state index in [-0.39, 0.29) is 10.7 Å². The maximum Gasteiger partial charge on any atom is 0.418 e. The van der Waals surface area contributed by atoms with Crippen LogP contribution < -0.4 is 14.4 Å². The van der Waals surface area contributed by atoms with E-state index in [1.54, 1.807) is 0 Å². The van der Waals surface area contributed by atoms with Gasteiger partial charge in [-0.05, 0) is 37.3 Å². The lowest BCUT2D eigenvalue weighted by molar-refractivity contribution is -0.137. The van der Waals surface area contributed by atoms with Crippen LogP contribution in [0.25, 0.3) is 0 Å². The molecule has 0 aliphatic carbocycles. The molecule has 0 unspecified atom stereocenters. The second-order valence-electron chi connectivity index (χ2n) is 6.09. The number of nitrogens with zero attached hydrogens (tertiary/aromatic N) is 1. The van der Waals surface area contributed by atoms with Crippen molar-refractivity contribution in [2.75, 3.05) is 23.0 Å². The van der Waals surface area contributed by atoms with E-state index in [4.69, 9.17) is 16.3 Å². The average Bonchev–Trinajstić information content (AvgIpc) is 2.60. The molecule has 0 fully saturated rings. The number of hydrogen-bond donors (Lipinski definition) is 1. The Hall–Kier alpha value is -2.46. The molecular weight excluding hydrogens is 433 g/mol. The highest BCUT2D eigenvalue weighted by atomic mass is 35.5. The van der Waals surface area contributed by atoms with Gasteiger partial charge in [-0.25, -0.2) is 8.42 Å². The van der Waals surface area contributed by atoms with Crippen molar-refractivity contribution in [1.82, 2.24) is 0 Å². The Labute approximate surface area is 171 Å². The molecule has 6 nitrogen and oxygen atoms in total. The molecule has 11 heteroatoms. The molecule has 0 spiro atoms. The van der Waals surface area contributed by atoms with Crippen molar-refractivity contribution >= 4 is 38.9 Å². The lowest BCUT2D eigenvalue weighted by Gasteiger charge is -2.29. The van der Waals surface area contributed by atoms with Gasteiger partial charge in [0, 0.05) is 0 Å². The second-order valence-corrected chi connectivity index (χ2v) is 8.35. The third-order valence-corrected chi connectivity index (χ3v) is 5.51. The van der Waals surface area contributed by atoms with Crippen LogP contribution in [0.1, 0.15) is 12.5 Å². The molecule has 0 heterocycles. The number of para-hydroxylation sites is 1. The molecule has 2 rings (SSSR count). The van der Waals surface area contributed by atoms with Gasteiger partial charge in [0.05, 0.1) is 35.3 Å². The Kier molecular flexibility index (Phi) is 6.69. The predicted molar refractivity (Wildman–Crippen MR) is 105 cm³/mol. The fourth-order valence-corrected chi connectivity index (χ4v) is 4.10. The third kappa shape index (κ3) is 5.33. The van der Waals surface area contributed by atoms with Crippen molar-refractivity contribution in [2.45, 2.75) is 19.1 Å². The molecule has 1 N–H and O–H groups in total. The van der Waals surface area contributed by atoms with Gasteiger partial charge in [0.2, 0.25) is 15.9 Å². The number of benzene rings is 2. The molecule has 0 saturated carbocycles. The number of rotatable bonds is 6. The highest BCUT2D eigenvalue weighted by Gasteiger charge is 2.35. The van der Waals surface area contributed by atoms with Crippen LogP contribution in [0, 0.1) is 0 Å². The minimum Gasteiger partial charge on any atom is -0.495 e. The highest BCUT2D eigenvalue weighted by Crippen LogP contribution is 2.35. The minimum absolute atomic E-state index is 0.0602. The van der Waals surface area contributed by atoms with E-state index in [1.165, 1.54) is 44.4 Å². The van der Waals surface area contributed by atoms with Crippen LogP contribution in [0.4, 0.5) is 24.5 Å². The number of alkyl halides is 3. The van der Waals surface area contributed by atoms with Crippen LogP contribution in [-0.4, -0.2) is 33.7 Å². The van der Waals surface area contributed by atoms with Gasteiger partial charge < -0.3 is 10.1 Å². The summed E-state index contributed by atoms with van der Waals surface area (Å²) in [5, 5.41) is 2.26. The molecule has 2 aromatic carbocycles. The normalized spacial score (nSPS) is 12.9. The lowest BCUT2D eigenvalue weighted by atomic mass is 10.1. The van der Waals surface area contributed by atoms with Crippen LogP contribution in [-0.2, 0) is 21.0 Å². The third-order valence-electron chi connectivity index (χ3n) is 3.97. The standard InChI is InChI=1S/C18H18ClF3N2O4S/c1-11(17(25)23-15-7-5-4-6-13(15)18(20,21)22)24(29(3,26)27)12-8-9-16(28-2)14(19)10-12/h4-11H,1-3H3,(H,23,25)/t11-/m1/s1. The second kappa shape index (κ2) is 8.50. The topological polar surface area (TPSA) is 75.7 Å². The Morgan fingerprint density at radius 3 is 2.34 bits per heavy atom. The summed E-state index contributed by atoms with van der Waals surface area (Å²) in [5.41, 5.74) is -1.46. The first-order chi connectivity index (χ1) is 13.4. The van der Waals surface area contributed by atoms with E-state index >= 15 is 0 Å². The number of carbonyl (C=O) groups excluding carboxylic acids is 1. The Bertz CT molecular complexity index is 1010.